The maximum Gasteiger partial charge on any atom is 0.410 e. The molecule has 24 heavy (non-hydrogen) atoms. The fourth-order valence-electron chi connectivity index (χ4n) is 4.16. The maximum absolute atomic E-state index is 12.1. The molecular formula is C19H34N2O3. The van der Waals surface area contributed by atoms with Gasteiger partial charge in [-0.25, -0.2) is 4.79 Å². The van der Waals surface area contributed by atoms with E-state index in [0.717, 1.165) is 32.7 Å². The Bertz CT molecular complexity index is 417. The minimum absolute atomic E-state index is 0.157. The van der Waals surface area contributed by atoms with Crippen LogP contribution in [0, 0.1) is 17.8 Å². The van der Waals surface area contributed by atoms with Gasteiger partial charge in [-0.2, -0.15) is 0 Å². The van der Waals surface area contributed by atoms with Gasteiger partial charge < -0.3 is 19.3 Å². The molecule has 2 saturated heterocycles. The van der Waals surface area contributed by atoms with Crippen LogP contribution in [-0.2, 0) is 9.47 Å². The number of fused-ring (bicyclic) bond motifs is 1. The molecule has 0 radical (unpaired) electrons. The molecule has 3 rings (SSSR count). The number of hydrogen-bond donors (Lipinski definition) is 0. The minimum atomic E-state index is -0.402. The quantitative estimate of drug-likeness (QED) is 0.698. The van der Waals surface area contributed by atoms with Crippen LogP contribution in [0.3, 0.4) is 0 Å². The number of carbonyl (C=O) groups excluding carboxylic acids is 1. The van der Waals surface area contributed by atoms with Gasteiger partial charge in [0.15, 0.2) is 0 Å². The lowest BCUT2D eigenvalue weighted by Crippen LogP contribution is -2.37. The number of nitrogens with zero attached hydrogens (tertiary/aromatic N) is 2. The average molecular weight is 338 g/mol. The Hall–Kier alpha value is -0.810. The molecule has 2 heterocycles. The van der Waals surface area contributed by atoms with E-state index >= 15 is 0 Å². The zero-order valence-electron chi connectivity index (χ0n) is 15.6. The Morgan fingerprint density at radius 2 is 1.75 bits per heavy atom. The highest BCUT2D eigenvalue weighted by Crippen LogP contribution is 2.51. The lowest BCUT2D eigenvalue weighted by molar-refractivity contribution is 0.0248. The first-order valence-corrected chi connectivity index (χ1v) is 9.72. The second-order valence-electron chi connectivity index (χ2n) is 8.71. The Kier molecular flexibility index (Phi) is 5.70. The van der Waals surface area contributed by atoms with Crippen LogP contribution in [0.4, 0.5) is 4.79 Å². The van der Waals surface area contributed by atoms with Crippen LogP contribution in [0.2, 0.25) is 0 Å². The Morgan fingerprint density at radius 3 is 2.38 bits per heavy atom. The van der Waals surface area contributed by atoms with Crippen LogP contribution in [-0.4, -0.2) is 67.4 Å². The molecule has 0 aromatic carbocycles. The van der Waals surface area contributed by atoms with Crippen LogP contribution in [0.1, 0.15) is 46.5 Å². The Labute approximate surface area is 146 Å². The molecule has 5 heteroatoms. The zero-order chi connectivity index (χ0) is 17.2. The third kappa shape index (κ3) is 4.85. The van der Waals surface area contributed by atoms with Crippen LogP contribution in [0.25, 0.3) is 0 Å². The van der Waals surface area contributed by atoms with Crippen molar-refractivity contribution in [3.8, 4) is 0 Å². The highest BCUT2D eigenvalue weighted by atomic mass is 16.6. The summed E-state index contributed by atoms with van der Waals surface area (Å²) < 4.78 is 11.3. The van der Waals surface area contributed by atoms with Crippen molar-refractivity contribution in [3.63, 3.8) is 0 Å². The van der Waals surface area contributed by atoms with Gasteiger partial charge in [0.05, 0.1) is 6.61 Å². The third-order valence-electron chi connectivity index (χ3n) is 5.55. The van der Waals surface area contributed by atoms with Crippen molar-refractivity contribution in [2.45, 2.75) is 52.1 Å². The number of ether oxygens (including phenoxy) is 2. The first kappa shape index (κ1) is 18.0. The third-order valence-corrected chi connectivity index (χ3v) is 5.55. The summed E-state index contributed by atoms with van der Waals surface area (Å²) in [6.45, 7) is 12.9. The second kappa shape index (κ2) is 7.61. The second-order valence-corrected chi connectivity index (χ2v) is 8.71. The van der Waals surface area contributed by atoms with E-state index in [1.807, 2.05) is 25.7 Å². The number of piperidine rings is 2. The van der Waals surface area contributed by atoms with Crippen molar-refractivity contribution in [2.24, 2.45) is 17.8 Å². The lowest BCUT2D eigenvalue weighted by atomic mass is 10.1. The predicted octanol–water partition coefficient (Wildman–Crippen LogP) is 2.99. The van der Waals surface area contributed by atoms with Crippen LogP contribution >= 0.6 is 0 Å². The van der Waals surface area contributed by atoms with E-state index in [4.69, 9.17) is 9.47 Å². The van der Waals surface area contributed by atoms with Crippen molar-refractivity contribution in [2.75, 3.05) is 45.9 Å². The average Bonchev–Trinajstić information content (AvgIpc) is 2.97. The van der Waals surface area contributed by atoms with Gasteiger partial charge in [0.25, 0.3) is 0 Å². The molecule has 1 aliphatic carbocycles. The van der Waals surface area contributed by atoms with Crippen LogP contribution in [0.5, 0.6) is 0 Å². The smallest absolute Gasteiger partial charge is 0.410 e. The fourth-order valence-corrected chi connectivity index (χ4v) is 4.16. The van der Waals surface area contributed by atoms with Crippen molar-refractivity contribution in [3.05, 3.63) is 0 Å². The van der Waals surface area contributed by atoms with E-state index in [9.17, 15) is 4.79 Å². The van der Waals surface area contributed by atoms with Gasteiger partial charge in [-0.1, -0.05) is 6.42 Å². The predicted molar refractivity (Wildman–Crippen MR) is 94.0 cm³/mol. The molecular weight excluding hydrogens is 304 g/mol. The SMILES string of the molecule is CC(C)(C)OC(=O)N1C[C@@H]2C(COCCCN3CCCCC3)[C@@H]2C1. The van der Waals surface area contributed by atoms with Crippen molar-refractivity contribution in [1.82, 2.24) is 9.80 Å². The normalized spacial score (nSPS) is 30.3. The molecule has 0 bridgehead atoms. The first-order valence-electron chi connectivity index (χ1n) is 9.72. The molecule has 2 aliphatic heterocycles. The highest BCUT2D eigenvalue weighted by Gasteiger charge is 2.56. The summed E-state index contributed by atoms with van der Waals surface area (Å²) in [4.78, 5) is 16.5. The van der Waals surface area contributed by atoms with Crippen LogP contribution in [0.15, 0.2) is 0 Å². The Morgan fingerprint density at radius 1 is 1.08 bits per heavy atom. The summed E-state index contributed by atoms with van der Waals surface area (Å²) >= 11 is 0. The number of rotatable bonds is 6. The van der Waals surface area contributed by atoms with E-state index in [2.05, 4.69) is 4.90 Å². The summed E-state index contributed by atoms with van der Waals surface area (Å²) in [5.74, 6) is 1.94. The monoisotopic (exact) mass is 338 g/mol. The maximum atomic E-state index is 12.1. The molecule has 0 aromatic heterocycles. The number of hydrogen-bond acceptors (Lipinski definition) is 4. The topological polar surface area (TPSA) is 42.0 Å². The van der Waals surface area contributed by atoms with Gasteiger partial charge in [-0.05, 0) is 70.9 Å². The molecule has 138 valence electrons. The summed E-state index contributed by atoms with van der Waals surface area (Å²) in [7, 11) is 0. The number of carbonyl (C=O) groups is 1. The highest BCUT2D eigenvalue weighted by molar-refractivity contribution is 5.68. The van der Waals surface area contributed by atoms with E-state index in [-0.39, 0.29) is 6.09 Å². The standard InChI is InChI=1S/C19H34N2O3/c1-19(2,3)24-18(22)21-12-15-16(13-21)17(15)14-23-11-7-10-20-8-5-4-6-9-20/h15-17H,4-14H2,1-3H3/t15-,16+,17?. The first-order chi connectivity index (χ1) is 11.4. The van der Waals surface area contributed by atoms with Gasteiger partial charge in [-0.15, -0.1) is 0 Å². The van der Waals surface area contributed by atoms with Gasteiger partial charge >= 0.3 is 6.09 Å². The minimum Gasteiger partial charge on any atom is -0.444 e. The van der Waals surface area contributed by atoms with Crippen molar-refractivity contribution >= 4 is 6.09 Å². The summed E-state index contributed by atoms with van der Waals surface area (Å²) in [6.07, 6.45) is 5.11. The number of likely N-dealkylation sites (tertiary alicyclic amines) is 2. The lowest BCUT2D eigenvalue weighted by Gasteiger charge is -2.26. The van der Waals surface area contributed by atoms with Gasteiger partial charge in [0.2, 0.25) is 0 Å². The van der Waals surface area contributed by atoms with E-state index in [1.165, 1.54) is 38.9 Å². The molecule has 0 aromatic rings. The molecule has 1 unspecified atom stereocenters. The molecule has 3 aliphatic rings. The van der Waals surface area contributed by atoms with E-state index in [0.29, 0.717) is 17.8 Å². The molecule has 0 N–H and O–H groups in total. The molecule has 0 spiro atoms. The molecule has 5 nitrogen and oxygen atoms in total. The molecule has 1 amide bonds. The van der Waals surface area contributed by atoms with Crippen molar-refractivity contribution < 1.29 is 14.3 Å². The van der Waals surface area contributed by atoms with Crippen molar-refractivity contribution in [1.29, 1.82) is 0 Å². The summed E-state index contributed by atoms with van der Waals surface area (Å²) in [6, 6.07) is 0. The zero-order valence-corrected chi connectivity index (χ0v) is 15.6. The van der Waals surface area contributed by atoms with E-state index < -0.39 is 5.60 Å². The summed E-state index contributed by atoms with van der Waals surface area (Å²) in [5, 5.41) is 0. The van der Waals surface area contributed by atoms with Gasteiger partial charge in [0.1, 0.15) is 5.60 Å². The fraction of sp³-hybridized carbons (Fsp3) is 0.947. The van der Waals surface area contributed by atoms with Crippen LogP contribution < -0.4 is 0 Å². The Balaban J connectivity index is 1.24. The van der Waals surface area contributed by atoms with Gasteiger partial charge in [0, 0.05) is 26.2 Å². The summed E-state index contributed by atoms with van der Waals surface area (Å²) in [5.41, 5.74) is -0.402. The molecule has 3 atom stereocenters. The van der Waals surface area contributed by atoms with Gasteiger partial charge in [-0.3, -0.25) is 0 Å². The molecule has 1 saturated carbocycles. The van der Waals surface area contributed by atoms with E-state index in [1.54, 1.807) is 0 Å². The molecule has 3 fully saturated rings. The number of amides is 1. The largest absolute Gasteiger partial charge is 0.444 e.